The molecule has 5 heteroatoms. The second-order valence-corrected chi connectivity index (χ2v) is 4.44. The highest BCUT2D eigenvalue weighted by Crippen LogP contribution is 2.23. The third-order valence-corrected chi connectivity index (χ3v) is 3.06. The van der Waals surface area contributed by atoms with Crippen molar-refractivity contribution in [2.45, 2.75) is 13.0 Å². The molecule has 0 unspecified atom stereocenters. The Balaban J connectivity index is 2.25. The number of hydrogen-bond donors (Lipinski definition) is 1. The van der Waals surface area contributed by atoms with Crippen molar-refractivity contribution in [3.8, 4) is 0 Å². The molecule has 1 aliphatic rings. The maximum absolute atomic E-state index is 11.7. The molecule has 0 saturated carbocycles. The van der Waals surface area contributed by atoms with E-state index in [-0.39, 0.29) is 11.9 Å². The molecule has 2 rings (SSSR count). The summed E-state index contributed by atoms with van der Waals surface area (Å²) in [7, 11) is 1.82. The molecule has 2 heterocycles. The molecule has 1 aliphatic heterocycles. The van der Waals surface area contributed by atoms with Gasteiger partial charge in [-0.1, -0.05) is 6.07 Å². The molecular formula is C12H18N4O. The summed E-state index contributed by atoms with van der Waals surface area (Å²) in [5, 5.41) is 0. The lowest BCUT2D eigenvalue weighted by Gasteiger charge is -2.34. The van der Waals surface area contributed by atoms with Crippen molar-refractivity contribution in [3.05, 3.63) is 23.9 Å². The number of likely N-dealkylation sites (N-methyl/N-ethyl adjacent to an activating group) is 1. The molecule has 1 amide bonds. The minimum absolute atomic E-state index is 0.0755. The van der Waals surface area contributed by atoms with Crippen LogP contribution in [0.3, 0.4) is 0 Å². The van der Waals surface area contributed by atoms with E-state index in [4.69, 9.17) is 5.73 Å². The van der Waals surface area contributed by atoms with Crippen LogP contribution < -0.4 is 10.6 Å². The first-order valence-corrected chi connectivity index (χ1v) is 5.79. The lowest BCUT2D eigenvalue weighted by Crippen LogP contribution is -2.49. The molecule has 0 bridgehead atoms. The van der Waals surface area contributed by atoms with Crippen LogP contribution in [0.4, 0.5) is 5.82 Å². The van der Waals surface area contributed by atoms with E-state index in [0.29, 0.717) is 6.54 Å². The van der Waals surface area contributed by atoms with Crippen LogP contribution in [0.5, 0.6) is 0 Å². The van der Waals surface area contributed by atoms with Crippen LogP contribution in [-0.4, -0.2) is 42.5 Å². The minimum atomic E-state index is -0.0755. The molecule has 1 fully saturated rings. The molecule has 17 heavy (non-hydrogen) atoms. The fraction of sp³-hybridized carbons (Fsp3) is 0.500. The van der Waals surface area contributed by atoms with Crippen LogP contribution in [0.25, 0.3) is 0 Å². The van der Waals surface area contributed by atoms with Gasteiger partial charge in [-0.05, 0) is 13.0 Å². The van der Waals surface area contributed by atoms with Crippen LogP contribution >= 0.6 is 0 Å². The standard InChI is InChI=1S/C12H18N4O/c1-9(13)10-4-3-5-14-12(10)16-7-6-15(2)11(17)8-16/h3-5,9H,6-8,13H2,1-2H3/t9-/m1/s1. The van der Waals surface area contributed by atoms with Crippen LogP contribution in [0.15, 0.2) is 18.3 Å². The fourth-order valence-corrected chi connectivity index (χ4v) is 1.97. The Hall–Kier alpha value is -1.62. The van der Waals surface area contributed by atoms with Crippen LogP contribution in [-0.2, 0) is 4.79 Å². The van der Waals surface area contributed by atoms with Gasteiger partial charge in [0.05, 0.1) is 6.54 Å². The number of pyridine rings is 1. The predicted molar refractivity (Wildman–Crippen MR) is 66.7 cm³/mol. The van der Waals surface area contributed by atoms with Gasteiger partial charge in [0, 0.05) is 37.9 Å². The van der Waals surface area contributed by atoms with Gasteiger partial charge in [-0.15, -0.1) is 0 Å². The molecule has 0 spiro atoms. The molecule has 1 aromatic rings. The molecule has 1 atom stereocenters. The number of aromatic nitrogens is 1. The lowest BCUT2D eigenvalue weighted by molar-refractivity contribution is -0.129. The van der Waals surface area contributed by atoms with Gasteiger partial charge in [0.2, 0.25) is 5.91 Å². The molecule has 5 nitrogen and oxygen atoms in total. The van der Waals surface area contributed by atoms with Crippen molar-refractivity contribution >= 4 is 11.7 Å². The summed E-state index contributed by atoms with van der Waals surface area (Å²) in [4.78, 5) is 19.8. The highest BCUT2D eigenvalue weighted by Gasteiger charge is 2.24. The highest BCUT2D eigenvalue weighted by molar-refractivity contribution is 5.82. The van der Waals surface area contributed by atoms with Gasteiger partial charge >= 0.3 is 0 Å². The first-order chi connectivity index (χ1) is 8.09. The van der Waals surface area contributed by atoms with Gasteiger partial charge in [0.1, 0.15) is 5.82 Å². The lowest BCUT2D eigenvalue weighted by atomic mass is 10.1. The summed E-state index contributed by atoms with van der Waals surface area (Å²) in [5.41, 5.74) is 6.91. The maximum Gasteiger partial charge on any atom is 0.241 e. The monoisotopic (exact) mass is 234 g/mol. The zero-order chi connectivity index (χ0) is 12.4. The number of rotatable bonds is 2. The number of anilines is 1. The Kier molecular flexibility index (Phi) is 3.28. The number of piperazine rings is 1. The van der Waals surface area contributed by atoms with Crippen LogP contribution in [0, 0.1) is 0 Å². The molecule has 2 N–H and O–H groups in total. The van der Waals surface area contributed by atoms with Crippen LogP contribution in [0.2, 0.25) is 0 Å². The number of amides is 1. The van der Waals surface area contributed by atoms with E-state index in [1.807, 2.05) is 31.0 Å². The second kappa shape index (κ2) is 4.71. The van der Waals surface area contributed by atoms with E-state index < -0.39 is 0 Å². The summed E-state index contributed by atoms with van der Waals surface area (Å²) < 4.78 is 0. The number of nitrogens with two attached hydrogens (primary N) is 1. The van der Waals surface area contributed by atoms with Crippen molar-refractivity contribution in [1.29, 1.82) is 0 Å². The average molecular weight is 234 g/mol. The van der Waals surface area contributed by atoms with Gasteiger partial charge in [-0.3, -0.25) is 4.79 Å². The van der Waals surface area contributed by atoms with Gasteiger partial charge in [-0.25, -0.2) is 4.98 Å². The maximum atomic E-state index is 11.7. The molecule has 0 aliphatic carbocycles. The van der Waals surface area contributed by atoms with E-state index >= 15 is 0 Å². The van der Waals surface area contributed by atoms with Gasteiger partial charge in [0.25, 0.3) is 0 Å². The van der Waals surface area contributed by atoms with Crippen molar-refractivity contribution in [2.24, 2.45) is 5.73 Å². The third-order valence-electron chi connectivity index (χ3n) is 3.06. The summed E-state index contributed by atoms with van der Waals surface area (Å²) in [6.45, 7) is 3.85. The van der Waals surface area contributed by atoms with Crippen molar-refractivity contribution in [2.75, 3.05) is 31.6 Å². The summed E-state index contributed by atoms with van der Waals surface area (Å²) in [5.74, 6) is 0.960. The molecule has 1 aromatic heterocycles. The Morgan fingerprint density at radius 3 is 2.88 bits per heavy atom. The van der Waals surface area contributed by atoms with E-state index in [9.17, 15) is 4.79 Å². The van der Waals surface area contributed by atoms with Crippen LogP contribution in [0.1, 0.15) is 18.5 Å². The Bertz CT molecular complexity index is 419. The SMILES string of the molecule is C[C@@H](N)c1cccnc1N1CCN(C)C(=O)C1. The zero-order valence-electron chi connectivity index (χ0n) is 10.3. The highest BCUT2D eigenvalue weighted by atomic mass is 16.2. The largest absolute Gasteiger partial charge is 0.345 e. The van der Waals surface area contributed by atoms with Gasteiger partial charge in [0.15, 0.2) is 0 Å². The normalized spacial score (nSPS) is 18.4. The minimum Gasteiger partial charge on any atom is -0.345 e. The van der Waals surface area contributed by atoms with Gasteiger partial charge in [-0.2, -0.15) is 0 Å². The average Bonchev–Trinajstić information content (AvgIpc) is 2.32. The topological polar surface area (TPSA) is 62.5 Å². The van der Waals surface area contributed by atoms with Gasteiger partial charge < -0.3 is 15.5 Å². The first-order valence-electron chi connectivity index (χ1n) is 5.79. The number of carbonyl (C=O) groups is 1. The number of carbonyl (C=O) groups excluding carboxylic acids is 1. The Morgan fingerprint density at radius 1 is 1.47 bits per heavy atom. The fourth-order valence-electron chi connectivity index (χ4n) is 1.97. The third kappa shape index (κ3) is 2.39. The predicted octanol–water partition coefficient (Wildman–Crippen LogP) is 0.380. The smallest absolute Gasteiger partial charge is 0.241 e. The second-order valence-electron chi connectivity index (χ2n) is 4.44. The van der Waals surface area contributed by atoms with Crippen molar-refractivity contribution < 1.29 is 4.79 Å². The quantitative estimate of drug-likeness (QED) is 0.803. The molecule has 0 radical (unpaired) electrons. The Morgan fingerprint density at radius 2 is 2.24 bits per heavy atom. The summed E-state index contributed by atoms with van der Waals surface area (Å²) >= 11 is 0. The summed E-state index contributed by atoms with van der Waals surface area (Å²) in [6.07, 6.45) is 1.74. The Labute approximate surface area is 101 Å². The van der Waals surface area contributed by atoms with Crippen molar-refractivity contribution in [3.63, 3.8) is 0 Å². The van der Waals surface area contributed by atoms with Crippen molar-refractivity contribution in [1.82, 2.24) is 9.88 Å². The number of hydrogen-bond acceptors (Lipinski definition) is 4. The zero-order valence-corrected chi connectivity index (χ0v) is 10.3. The molecule has 92 valence electrons. The van der Waals surface area contributed by atoms with E-state index in [0.717, 1.165) is 24.5 Å². The number of nitrogens with zero attached hydrogens (tertiary/aromatic N) is 3. The molecular weight excluding hydrogens is 216 g/mol. The first kappa shape index (κ1) is 11.9. The van der Waals surface area contributed by atoms with E-state index in [1.54, 1.807) is 11.1 Å². The van der Waals surface area contributed by atoms with E-state index in [2.05, 4.69) is 4.98 Å². The van der Waals surface area contributed by atoms with E-state index in [1.165, 1.54) is 0 Å². The summed E-state index contributed by atoms with van der Waals surface area (Å²) in [6, 6.07) is 3.77. The molecule has 0 aromatic carbocycles. The molecule has 1 saturated heterocycles.